The van der Waals surface area contributed by atoms with Gasteiger partial charge in [0, 0.05) is 5.56 Å². The molecule has 3 rings (SSSR count). The van der Waals surface area contributed by atoms with E-state index in [1.54, 1.807) is 11.1 Å². The number of benzene rings is 1. The fourth-order valence-electron chi connectivity index (χ4n) is 1.96. The minimum absolute atomic E-state index is 0.0805. The Balaban J connectivity index is 2.08. The van der Waals surface area contributed by atoms with Gasteiger partial charge in [-0.3, -0.25) is 0 Å². The lowest BCUT2D eigenvalue weighted by molar-refractivity contribution is -0.141. The lowest BCUT2D eigenvalue weighted by atomic mass is 10.1. The first-order valence-electron chi connectivity index (χ1n) is 6.02. The molecular weight excluding hydrogens is 289 g/mol. The minimum Gasteiger partial charge on any atom is -0.486 e. The summed E-state index contributed by atoms with van der Waals surface area (Å²) in [6.45, 7) is 0.765. The maximum Gasteiger partial charge on any atom is 0.431 e. The van der Waals surface area contributed by atoms with E-state index in [4.69, 9.17) is 9.47 Å². The van der Waals surface area contributed by atoms with Crippen LogP contribution in [0.4, 0.5) is 13.2 Å². The number of hydrogen-bond donors (Lipinski definition) is 1. The third-order valence-corrected chi connectivity index (χ3v) is 2.89. The smallest absolute Gasteiger partial charge is 0.431 e. The van der Waals surface area contributed by atoms with Crippen LogP contribution in [0.2, 0.25) is 0 Å². The van der Waals surface area contributed by atoms with Crippen LogP contribution in [0.3, 0.4) is 0 Å². The third kappa shape index (κ3) is 2.69. The van der Waals surface area contributed by atoms with Crippen LogP contribution in [-0.2, 0) is 6.18 Å². The van der Waals surface area contributed by atoms with Crippen molar-refractivity contribution < 1.29 is 22.6 Å². The summed E-state index contributed by atoms with van der Waals surface area (Å²) in [6.07, 6.45) is -4.65. The van der Waals surface area contributed by atoms with Crippen LogP contribution >= 0.6 is 0 Å². The van der Waals surface area contributed by atoms with Gasteiger partial charge in [0.25, 0.3) is 0 Å². The number of ether oxygens (including phenoxy) is 2. The molecule has 0 bridgehead atoms. The Bertz CT molecular complexity index is 740. The van der Waals surface area contributed by atoms with E-state index in [1.165, 1.54) is 12.1 Å². The SMILES string of the molecule is O=c1nc(-c2ccc3c(c2)OCCO3)cc(C(F)(F)F)[nH]1. The van der Waals surface area contributed by atoms with Crippen LogP contribution < -0.4 is 15.2 Å². The molecule has 0 saturated heterocycles. The van der Waals surface area contributed by atoms with Crippen molar-refractivity contribution in [3.8, 4) is 22.8 Å². The topological polar surface area (TPSA) is 64.2 Å². The molecule has 0 fully saturated rings. The fraction of sp³-hybridized carbons (Fsp3) is 0.231. The maximum absolute atomic E-state index is 12.7. The van der Waals surface area contributed by atoms with Crippen molar-refractivity contribution in [2.24, 2.45) is 0 Å². The van der Waals surface area contributed by atoms with Crippen molar-refractivity contribution in [3.63, 3.8) is 0 Å². The van der Waals surface area contributed by atoms with Crippen molar-refractivity contribution in [1.29, 1.82) is 0 Å². The summed E-state index contributed by atoms with van der Waals surface area (Å²) in [7, 11) is 0. The molecule has 8 heteroatoms. The van der Waals surface area contributed by atoms with Crippen LogP contribution in [0.25, 0.3) is 11.3 Å². The number of aromatic nitrogens is 2. The van der Waals surface area contributed by atoms with Gasteiger partial charge in [-0.2, -0.15) is 18.2 Å². The highest BCUT2D eigenvalue weighted by Gasteiger charge is 2.32. The molecule has 0 amide bonds. The van der Waals surface area contributed by atoms with Gasteiger partial charge >= 0.3 is 11.9 Å². The average Bonchev–Trinajstić information content (AvgIpc) is 2.45. The highest BCUT2D eigenvalue weighted by atomic mass is 19.4. The normalized spacial score (nSPS) is 14.0. The molecule has 21 heavy (non-hydrogen) atoms. The van der Waals surface area contributed by atoms with E-state index in [-0.39, 0.29) is 5.69 Å². The highest BCUT2D eigenvalue weighted by molar-refractivity contribution is 5.64. The standard InChI is InChI=1S/C13H9F3N2O3/c14-13(15,16)11-6-8(17-12(19)18-11)7-1-2-9-10(5-7)21-4-3-20-9/h1-2,5-6H,3-4H2,(H,17,18,19). The Kier molecular flexibility index (Phi) is 3.08. The Labute approximate surface area is 116 Å². The Morgan fingerprint density at radius 3 is 2.52 bits per heavy atom. The second-order valence-corrected chi connectivity index (χ2v) is 4.34. The Hall–Kier alpha value is -2.51. The molecule has 1 N–H and O–H groups in total. The van der Waals surface area contributed by atoms with Crippen LogP contribution in [-0.4, -0.2) is 23.2 Å². The molecule has 110 valence electrons. The molecule has 0 unspecified atom stereocenters. The van der Waals surface area contributed by atoms with Crippen molar-refractivity contribution in [3.05, 3.63) is 40.4 Å². The molecule has 2 heterocycles. The van der Waals surface area contributed by atoms with E-state index >= 15 is 0 Å². The summed E-state index contributed by atoms with van der Waals surface area (Å²) in [5.74, 6) is 0.917. The number of nitrogens with one attached hydrogen (secondary N) is 1. The van der Waals surface area contributed by atoms with Gasteiger partial charge in [0.2, 0.25) is 0 Å². The quantitative estimate of drug-likeness (QED) is 0.877. The summed E-state index contributed by atoms with van der Waals surface area (Å²) >= 11 is 0. The van der Waals surface area contributed by atoms with Gasteiger partial charge in [-0.05, 0) is 24.3 Å². The third-order valence-electron chi connectivity index (χ3n) is 2.89. The van der Waals surface area contributed by atoms with Crippen LogP contribution in [0, 0.1) is 0 Å². The highest BCUT2D eigenvalue weighted by Crippen LogP contribution is 2.35. The van der Waals surface area contributed by atoms with Gasteiger partial charge in [0.15, 0.2) is 11.5 Å². The summed E-state index contributed by atoms with van der Waals surface area (Å²) in [6, 6.07) is 5.37. The zero-order chi connectivity index (χ0) is 15.0. The molecule has 1 aromatic carbocycles. The number of aromatic amines is 1. The van der Waals surface area contributed by atoms with Gasteiger partial charge in [-0.15, -0.1) is 0 Å². The summed E-state index contributed by atoms with van der Waals surface area (Å²) in [4.78, 5) is 16.5. The molecule has 0 spiro atoms. The van der Waals surface area contributed by atoms with Gasteiger partial charge < -0.3 is 14.5 Å². The molecule has 1 aliphatic rings. The molecule has 1 aliphatic heterocycles. The minimum atomic E-state index is -4.65. The Morgan fingerprint density at radius 2 is 1.81 bits per heavy atom. The van der Waals surface area contributed by atoms with Gasteiger partial charge in [-0.1, -0.05) is 0 Å². The van der Waals surface area contributed by atoms with Crippen molar-refractivity contribution in [2.45, 2.75) is 6.18 Å². The van der Waals surface area contributed by atoms with Crippen molar-refractivity contribution in [2.75, 3.05) is 13.2 Å². The zero-order valence-electron chi connectivity index (χ0n) is 10.5. The van der Waals surface area contributed by atoms with Gasteiger partial charge in [0.05, 0.1) is 5.69 Å². The molecule has 0 aliphatic carbocycles. The van der Waals surface area contributed by atoms with Gasteiger partial charge in [-0.25, -0.2) is 4.79 Å². The number of hydrogen-bond acceptors (Lipinski definition) is 4. The Morgan fingerprint density at radius 1 is 1.10 bits per heavy atom. The maximum atomic E-state index is 12.7. The lowest BCUT2D eigenvalue weighted by Gasteiger charge is -2.18. The van der Waals surface area contributed by atoms with E-state index < -0.39 is 17.6 Å². The van der Waals surface area contributed by atoms with E-state index in [0.29, 0.717) is 30.3 Å². The number of H-pyrrole nitrogens is 1. The number of nitrogens with zero attached hydrogens (tertiary/aromatic N) is 1. The second-order valence-electron chi connectivity index (χ2n) is 4.34. The van der Waals surface area contributed by atoms with Crippen LogP contribution in [0.1, 0.15) is 5.69 Å². The number of halogens is 3. The predicted octanol–water partition coefficient (Wildman–Crippen LogP) is 2.23. The average molecular weight is 298 g/mol. The first-order valence-corrected chi connectivity index (χ1v) is 6.02. The zero-order valence-corrected chi connectivity index (χ0v) is 10.5. The molecule has 2 aromatic rings. The molecule has 1 aromatic heterocycles. The van der Waals surface area contributed by atoms with Crippen molar-refractivity contribution in [1.82, 2.24) is 9.97 Å². The van der Waals surface area contributed by atoms with Crippen LogP contribution in [0.15, 0.2) is 29.1 Å². The molecule has 0 radical (unpaired) electrons. The predicted molar refractivity (Wildman–Crippen MR) is 66.3 cm³/mol. The molecule has 0 atom stereocenters. The first-order chi connectivity index (χ1) is 9.93. The van der Waals surface area contributed by atoms with Crippen molar-refractivity contribution >= 4 is 0 Å². The van der Waals surface area contributed by atoms with Gasteiger partial charge in [0.1, 0.15) is 18.9 Å². The number of rotatable bonds is 1. The van der Waals surface area contributed by atoms with E-state index in [9.17, 15) is 18.0 Å². The van der Waals surface area contributed by atoms with E-state index in [1.807, 2.05) is 0 Å². The van der Waals surface area contributed by atoms with Crippen LogP contribution in [0.5, 0.6) is 11.5 Å². The molecule has 0 saturated carbocycles. The fourth-order valence-corrected chi connectivity index (χ4v) is 1.96. The summed E-state index contributed by atoms with van der Waals surface area (Å²) in [5, 5.41) is 0. The summed E-state index contributed by atoms with van der Waals surface area (Å²) < 4.78 is 48.8. The summed E-state index contributed by atoms with van der Waals surface area (Å²) in [5.41, 5.74) is -1.94. The largest absolute Gasteiger partial charge is 0.486 e. The number of fused-ring (bicyclic) bond motifs is 1. The second kappa shape index (κ2) is 4.80. The van der Waals surface area contributed by atoms with E-state index in [2.05, 4.69) is 4.98 Å². The monoisotopic (exact) mass is 298 g/mol. The first kappa shape index (κ1) is 13.5. The molecule has 5 nitrogen and oxygen atoms in total. The number of alkyl halides is 3. The lowest BCUT2D eigenvalue weighted by Crippen LogP contribution is -2.19. The molecular formula is C13H9F3N2O3. The van der Waals surface area contributed by atoms with E-state index in [0.717, 1.165) is 6.07 Å².